The molecule has 1 aliphatic heterocycles. The molecular weight excluding hydrogens is 359 g/mol. The zero-order valence-electron chi connectivity index (χ0n) is 13.1. The Labute approximate surface area is 143 Å². The molecule has 1 amide bonds. The minimum Gasteiger partial charge on any atom is -0.480 e. The van der Waals surface area contributed by atoms with Crippen molar-refractivity contribution in [1.82, 2.24) is 9.62 Å². The fourth-order valence-electron chi connectivity index (χ4n) is 2.51. The highest BCUT2D eigenvalue weighted by Gasteiger charge is 2.35. The molecule has 0 aliphatic carbocycles. The van der Waals surface area contributed by atoms with Crippen LogP contribution in [-0.4, -0.2) is 55.5 Å². The fourth-order valence-corrected chi connectivity index (χ4v) is 5.47. The third-order valence-corrected chi connectivity index (χ3v) is 7.17. The third-order valence-electron chi connectivity index (χ3n) is 3.83. The smallest absolute Gasteiger partial charge is 0.328 e. The van der Waals surface area contributed by atoms with Gasteiger partial charge in [-0.2, -0.15) is 4.31 Å². The Balaban J connectivity index is 2.08. The van der Waals surface area contributed by atoms with E-state index in [2.05, 4.69) is 5.32 Å². The quantitative estimate of drug-likeness (QED) is 0.768. The van der Waals surface area contributed by atoms with Crippen LogP contribution in [0.5, 0.6) is 0 Å². The van der Waals surface area contributed by atoms with E-state index in [1.807, 2.05) is 0 Å². The van der Waals surface area contributed by atoms with Crippen molar-refractivity contribution in [3.63, 3.8) is 0 Å². The Bertz CT molecular complexity index is 719. The van der Waals surface area contributed by atoms with Gasteiger partial charge in [-0.3, -0.25) is 4.79 Å². The molecule has 0 radical (unpaired) electrons. The second-order valence-corrected chi connectivity index (χ2v) is 9.07. The van der Waals surface area contributed by atoms with Gasteiger partial charge >= 0.3 is 5.97 Å². The largest absolute Gasteiger partial charge is 0.480 e. The summed E-state index contributed by atoms with van der Waals surface area (Å²) in [7, 11) is -3.68. The monoisotopic (exact) mass is 378 g/mol. The number of carbonyl (C=O) groups excluding carboxylic acids is 1. The van der Waals surface area contributed by atoms with Crippen LogP contribution in [0.25, 0.3) is 0 Å². The van der Waals surface area contributed by atoms with E-state index in [1.54, 1.807) is 13.0 Å². The summed E-state index contributed by atoms with van der Waals surface area (Å²) < 4.78 is 39.3. The molecule has 2 rings (SSSR count). The maximum absolute atomic E-state index is 12.6. The number of carbonyl (C=O) groups is 2. The Kier molecular flexibility index (Phi) is 5.94. The van der Waals surface area contributed by atoms with Crippen LogP contribution in [0.3, 0.4) is 0 Å². The van der Waals surface area contributed by atoms with Crippen LogP contribution in [0.15, 0.2) is 16.3 Å². The number of aryl methyl sites for hydroxylation is 1. The first-order valence-electron chi connectivity index (χ1n) is 7.41. The van der Waals surface area contributed by atoms with Gasteiger partial charge < -0.3 is 10.4 Å². The molecular formula is C14H19FN2O5S2. The first-order valence-corrected chi connectivity index (χ1v) is 9.67. The molecule has 1 saturated heterocycles. The van der Waals surface area contributed by atoms with E-state index in [0.717, 1.165) is 16.2 Å². The van der Waals surface area contributed by atoms with Gasteiger partial charge in [0.1, 0.15) is 10.9 Å². The number of nitrogens with zero attached hydrogens (tertiary/aromatic N) is 1. The van der Waals surface area contributed by atoms with E-state index in [-0.39, 0.29) is 10.8 Å². The number of thiophene rings is 1. The number of nitrogens with one attached hydrogen (secondary N) is 1. The zero-order chi connectivity index (χ0) is 17.9. The number of carboxylic acids is 1. The average Bonchev–Trinajstić information content (AvgIpc) is 2.99. The molecule has 0 aromatic carbocycles. The second kappa shape index (κ2) is 7.58. The average molecular weight is 378 g/mol. The van der Waals surface area contributed by atoms with Crippen molar-refractivity contribution in [1.29, 1.82) is 0 Å². The van der Waals surface area contributed by atoms with Gasteiger partial charge in [0.15, 0.2) is 6.04 Å². The molecule has 1 aromatic rings. The van der Waals surface area contributed by atoms with Crippen LogP contribution in [0.1, 0.15) is 17.7 Å². The van der Waals surface area contributed by atoms with Gasteiger partial charge in [-0.15, -0.1) is 11.3 Å². The molecule has 1 aliphatic rings. The summed E-state index contributed by atoms with van der Waals surface area (Å²) in [6, 6.07) is 1.64. The van der Waals surface area contributed by atoms with Gasteiger partial charge in [0.25, 0.3) is 10.0 Å². The number of hydrogen-bond donors (Lipinski definition) is 2. The molecule has 0 saturated carbocycles. The number of amides is 1. The zero-order valence-corrected chi connectivity index (χ0v) is 14.7. The Morgan fingerprint density at radius 1 is 1.50 bits per heavy atom. The number of carboxylic acid groups (broad SMARTS) is 1. The number of alkyl halides is 1. The van der Waals surface area contributed by atoms with Crippen LogP contribution in [0.2, 0.25) is 0 Å². The van der Waals surface area contributed by atoms with E-state index < -0.39 is 40.5 Å². The van der Waals surface area contributed by atoms with E-state index in [9.17, 15) is 22.4 Å². The van der Waals surface area contributed by atoms with Crippen LogP contribution in [-0.2, 0) is 19.6 Å². The predicted octanol–water partition coefficient (Wildman–Crippen LogP) is 0.996. The van der Waals surface area contributed by atoms with Crippen molar-refractivity contribution in [3.8, 4) is 0 Å². The summed E-state index contributed by atoms with van der Waals surface area (Å²) >= 11 is 1.16. The molecule has 2 heterocycles. The standard InChI is InChI=1S/C14H19FN2O5S2/c1-9-4-5-12(23-9)24(21,22)17-6-2-3-10(8-17)13(18)16-11(7-15)14(19)20/h4-5,10-11H,2-3,6-8H2,1H3,(H,16,18)(H,19,20). The van der Waals surface area contributed by atoms with Crippen molar-refractivity contribution in [2.45, 2.75) is 30.0 Å². The van der Waals surface area contributed by atoms with Crippen LogP contribution >= 0.6 is 11.3 Å². The SMILES string of the molecule is Cc1ccc(S(=O)(=O)N2CCCC(C(=O)NC(CF)C(=O)O)C2)s1. The highest BCUT2D eigenvalue weighted by molar-refractivity contribution is 7.91. The topological polar surface area (TPSA) is 104 Å². The minimum atomic E-state index is -3.68. The summed E-state index contributed by atoms with van der Waals surface area (Å²) in [5, 5.41) is 10.9. The first-order chi connectivity index (χ1) is 11.3. The van der Waals surface area contributed by atoms with Crippen molar-refractivity contribution < 1.29 is 27.5 Å². The normalized spacial score (nSPS) is 20.5. The van der Waals surface area contributed by atoms with Gasteiger partial charge in [0.2, 0.25) is 5.91 Å². The first kappa shape index (κ1) is 18.8. The molecule has 134 valence electrons. The fraction of sp³-hybridized carbons (Fsp3) is 0.571. The number of sulfonamides is 1. The number of halogens is 1. The lowest BCUT2D eigenvalue weighted by molar-refractivity contribution is -0.143. The van der Waals surface area contributed by atoms with Gasteiger partial charge in [-0.05, 0) is 31.9 Å². The molecule has 1 fully saturated rings. The Hall–Kier alpha value is -1.52. The summed E-state index contributed by atoms with van der Waals surface area (Å²) in [4.78, 5) is 23.8. The summed E-state index contributed by atoms with van der Waals surface area (Å²) in [5.41, 5.74) is 0. The van der Waals surface area contributed by atoms with Crippen molar-refractivity contribution >= 4 is 33.2 Å². The molecule has 2 atom stereocenters. The lowest BCUT2D eigenvalue weighted by Gasteiger charge is -2.31. The molecule has 2 unspecified atom stereocenters. The van der Waals surface area contributed by atoms with Gasteiger partial charge in [-0.25, -0.2) is 17.6 Å². The van der Waals surface area contributed by atoms with Gasteiger partial charge in [-0.1, -0.05) is 0 Å². The summed E-state index contributed by atoms with van der Waals surface area (Å²) in [5.74, 6) is -2.79. The van der Waals surface area contributed by atoms with Crippen LogP contribution in [0, 0.1) is 12.8 Å². The Morgan fingerprint density at radius 2 is 2.21 bits per heavy atom. The summed E-state index contributed by atoms with van der Waals surface area (Å²) in [6.45, 7) is 0.849. The molecule has 7 nitrogen and oxygen atoms in total. The molecule has 2 N–H and O–H groups in total. The summed E-state index contributed by atoms with van der Waals surface area (Å²) in [6.07, 6.45) is 0.912. The minimum absolute atomic E-state index is 0.0380. The molecule has 10 heteroatoms. The maximum Gasteiger partial charge on any atom is 0.328 e. The van der Waals surface area contributed by atoms with Crippen LogP contribution < -0.4 is 5.32 Å². The van der Waals surface area contributed by atoms with Crippen molar-refractivity contribution in [3.05, 3.63) is 17.0 Å². The van der Waals surface area contributed by atoms with Gasteiger partial charge in [0.05, 0.1) is 5.92 Å². The molecule has 0 spiro atoms. The van der Waals surface area contributed by atoms with E-state index in [0.29, 0.717) is 19.4 Å². The van der Waals surface area contributed by atoms with Crippen molar-refractivity contribution in [2.24, 2.45) is 5.92 Å². The van der Waals surface area contributed by atoms with Crippen LogP contribution in [0.4, 0.5) is 4.39 Å². The molecule has 24 heavy (non-hydrogen) atoms. The number of rotatable bonds is 6. The number of hydrogen-bond acceptors (Lipinski definition) is 5. The maximum atomic E-state index is 12.6. The second-order valence-electron chi connectivity index (χ2n) is 5.62. The lowest BCUT2D eigenvalue weighted by atomic mass is 9.98. The number of aliphatic carboxylic acids is 1. The predicted molar refractivity (Wildman–Crippen MR) is 86.1 cm³/mol. The van der Waals surface area contributed by atoms with E-state index >= 15 is 0 Å². The van der Waals surface area contributed by atoms with Gasteiger partial charge in [0, 0.05) is 18.0 Å². The Morgan fingerprint density at radius 3 is 2.75 bits per heavy atom. The lowest BCUT2D eigenvalue weighted by Crippen LogP contribution is -2.49. The van der Waals surface area contributed by atoms with E-state index in [4.69, 9.17) is 5.11 Å². The highest BCUT2D eigenvalue weighted by atomic mass is 32.2. The number of piperidine rings is 1. The van der Waals surface area contributed by atoms with Crippen molar-refractivity contribution in [2.75, 3.05) is 19.8 Å². The third kappa shape index (κ3) is 4.11. The van der Waals surface area contributed by atoms with E-state index in [1.165, 1.54) is 10.4 Å². The highest BCUT2D eigenvalue weighted by Crippen LogP contribution is 2.28. The molecule has 0 bridgehead atoms. The molecule has 1 aromatic heterocycles.